The summed E-state index contributed by atoms with van der Waals surface area (Å²) in [7, 11) is 4.40. The monoisotopic (exact) mass is 1180 g/mol. The molecular weight excluding hydrogens is 1110 g/mol. The van der Waals surface area contributed by atoms with Crippen LogP contribution >= 0.6 is 77.8 Å². The van der Waals surface area contributed by atoms with Crippen molar-refractivity contribution in [1.29, 1.82) is 0 Å². The predicted octanol–water partition coefficient (Wildman–Crippen LogP) is 7.54. The van der Waals surface area contributed by atoms with Crippen LogP contribution in [0, 0.1) is 11.7 Å². The number of para-hydroxylation sites is 2. The molecule has 4 aromatic rings. The molecule has 0 spiro atoms. The van der Waals surface area contributed by atoms with E-state index in [4.69, 9.17) is 11.6 Å². The minimum atomic E-state index is -3.56. The van der Waals surface area contributed by atoms with Crippen LogP contribution in [-0.2, 0) is 63.8 Å². The largest absolute Gasteiger partial charge is 0.351 e. The zero-order chi connectivity index (χ0) is 52.6. The van der Waals surface area contributed by atoms with Crippen molar-refractivity contribution in [2.75, 3.05) is 86.0 Å². The lowest BCUT2D eigenvalue weighted by atomic mass is 10.1. The highest BCUT2D eigenvalue weighted by Gasteiger charge is 2.33. The number of hydrogen-bond acceptors (Lipinski definition) is 10. The van der Waals surface area contributed by atoms with Gasteiger partial charge in [-0.15, -0.1) is 26.8 Å². The van der Waals surface area contributed by atoms with Crippen molar-refractivity contribution in [1.82, 2.24) is 26.4 Å². The number of hydrogen-bond donors (Lipinski definition) is 0. The third-order valence-corrected chi connectivity index (χ3v) is 19.4. The number of sulfonamides is 4. The Morgan fingerprint density at radius 2 is 1.18 bits per heavy atom. The van der Waals surface area contributed by atoms with Crippen molar-refractivity contribution in [2.24, 2.45) is 14.1 Å². The summed E-state index contributed by atoms with van der Waals surface area (Å²) in [6.07, 6.45) is 8.60. The fourth-order valence-corrected chi connectivity index (χ4v) is 12.3. The van der Waals surface area contributed by atoms with E-state index in [1.165, 1.54) is 39.1 Å². The van der Waals surface area contributed by atoms with E-state index in [1.807, 2.05) is 68.7 Å². The number of likely N-dealkylation sites (N-methyl/N-ethyl adjacent to an activating group) is 1. The van der Waals surface area contributed by atoms with E-state index in [0.29, 0.717) is 6.16 Å². The summed E-state index contributed by atoms with van der Waals surface area (Å²) < 4.78 is 96.4. The van der Waals surface area contributed by atoms with Crippen LogP contribution in [0.5, 0.6) is 0 Å². The standard InChI is InChI=1S/C14H20N2O3P2S.C9H9N.C5H12ClNO2P2S.C5H13NO3P2S.C5H11NO2P2S/c1-15-9-11(10-7-5-6-8-12(10)15)13(21(3)20)14(17)16(2)22(4,18)19;1-10-7-6-8-4-2-3-5-9(8)10;1-7(12(3,8)9)5(6)4-11(2)10;1-6(12(3,8)9)5(7)4-11(2)10;1-6(11(3,7)8)4-5-10(2)9/h5-9,13H,20H2,1-4H3;2-7H,1H3;4H,10H2,1-3H3;4,10H2,1-3H3;9H2,1-3H3/b;;5-4-;;. The van der Waals surface area contributed by atoms with E-state index in [2.05, 4.69) is 95.6 Å². The fraction of sp³-hybridized carbons (Fsp3) is 0.421. The number of aryl methyl sites for hydroxylation is 2. The van der Waals surface area contributed by atoms with E-state index in [0.717, 1.165) is 58.7 Å². The Balaban J connectivity index is 0.000000847. The molecule has 0 saturated heterocycles. The number of carbonyl (C=O) groups is 2. The van der Waals surface area contributed by atoms with Gasteiger partial charge in [-0.25, -0.2) is 46.6 Å². The second kappa shape index (κ2) is 29.4. The van der Waals surface area contributed by atoms with Crippen LogP contribution in [0.4, 0.5) is 0 Å². The fourth-order valence-electron chi connectivity index (χ4n) is 4.81. The molecule has 2 heterocycles. The molecule has 0 N–H and O–H groups in total. The summed E-state index contributed by atoms with van der Waals surface area (Å²) in [5, 5.41) is 2.55. The Labute approximate surface area is 419 Å². The summed E-state index contributed by atoms with van der Waals surface area (Å²) in [6, 6.07) is 20.8. The van der Waals surface area contributed by atoms with Crippen LogP contribution in [0.3, 0.4) is 0 Å². The number of amides is 2. The Morgan fingerprint density at radius 3 is 1.60 bits per heavy atom. The predicted molar refractivity (Wildman–Crippen MR) is 306 cm³/mol. The van der Waals surface area contributed by atoms with Crippen LogP contribution in [0.25, 0.3) is 21.8 Å². The highest BCUT2D eigenvalue weighted by atomic mass is 35.5. The number of fused-ring (bicyclic) bond motifs is 2. The average Bonchev–Trinajstić information content (AvgIpc) is 3.73. The van der Waals surface area contributed by atoms with Crippen LogP contribution in [-0.4, -0.2) is 158 Å². The van der Waals surface area contributed by atoms with Gasteiger partial charge in [0, 0.05) is 77.1 Å². The van der Waals surface area contributed by atoms with Crippen LogP contribution < -0.4 is 0 Å². The number of halogens is 1. The zero-order valence-corrected chi connectivity index (χ0v) is 52.3. The lowest BCUT2D eigenvalue weighted by Gasteiger charge is -2.24. The van der Waals surface area contributed by atoms with Crippen molar-refractivity contribution in [3.63, 3.8) is 0 Å². The van der Waals surface area contributed by atoms with Gasteiger partial charge in [-0.2, -0.15) is 0 Å². The maximum atomic E-state index is 12.7. The minimum absolute atomic E-state index is 0.251. The Kier molecular flexibility index (Phi) is 28.9. The molecule has 29 heteroatoms. The molecule has 0 fully saturated rings. The van der Waals surface area contributed by atoms with E-state index in [9.17, 15) is 43.3 Å². The first-order valence-corrected chi connectivity index (χ1v) is 40.7. The number of nitrogens with zero attached hydrogens (tertiary/aromatic N) is 6. The van der Waals surface area contributed by atoms with Crippen molar-refractivity contribution >= 4 is 151 Å². The van der Waals surface area contributed by atoms with E-state index in [-0.39, 0.29) is 17.0 Å². The molecule has 0 aliphatic carbocycles. The van der Waals surface area contributed by atoms with E-state index < -0.39 is 76.2 Å². The summed E-state index contributed by atoms with van der Waals surface area (Å²) in [5.74, 6) is 0.978. The highest BCUT2D eigenvalue weighted by molar-refractivity contribution is 8.16. The molecule has 9 atom stereocenters. The summed E-state index contributed by atoms with van der Waals surface area (Å²) in [4.78, 5) is 23.9. The Morgan fingerprint density at radius 1 is 0.701 bits per heavy atom. The van der Waals surface area contributed by atoms with Gasteiger partial charge in [-0.1, -0.05) is 79.8 Å². The third-order valence-electron chi connectivity index (χ3n) is 8.69. The smallest absolute Gasteiger partial charge is 0.248 e. The van der Waals surface area contributed by atoms with Gasteiger partial charge in [-0.05, 0) is 74.9 Å². The maximum Gasteiger partial charge on any atom is 0.248 e. The van der Waals surface area contributed by atoms with Crippen molar-refractivity contribution < 1.29 is 43.3 Å². The number of aromatic nitrogens is 2. The zero-order valence-electron chi connectivity index (χ0n) is 40.1. The number of benzene rings is 2. The Hall–Kier alpha value is -1.11. The van der Waals surface area contributed by atoms with Gasteiger partial charge in [0.1, 0.15) is 5.16 Å². The lowest BCUT2D eigenvalue weighted by Crippen LogP contribution is -2.35. The summed E-state index contributed by atoms with van der Waals surface area (Å²) >= 11 is 5.72. The molecule has 9 unspecified atom stereocenters. The molecule has 0 aliphatic heterocycles. The second-order valence-electron chi connectivity index (χ2n) is 14.8. The molecule has 2 amide bonds. The number of rotatable bonds is 11. The molecule has 16 nitrogen and oxygen atoms in total. The van der Waals surface area contributed by atoms with Gasteiger partial charge < -0.3 is 9.13 Å². The lowest BCUT2D eigenvalue weighted by molar-refractivity contribution is -0.125. The molecule has 0 radical (unpaired) electrons. The second-order valence-corrected chi connectivity index (χ2v) is 39.8. The van der Waals surface area contributed by atoms with E-state index >= 15 is 0 Å². The maximum absolute atomic E-state index is 12.7. The van der Waals surface area contributed by atoms with Crippen molar-refractivity contribution in [2.45, 2.75) is 5.66 Å². The van der Waals surface area contributed by atoms with Crippen LogP contribution in [0.1, 0.15) is 11.2 Å². The normalized spacial score (nSPS) is 13.9. The summed E-state index contributed by atoms with van der Waals surface area (Å²) in [5.41, 5.74) is 5.51. The van der Waals surface area contributed by atoms with Gasteiger partial charge in [0.05, 0.1) is 36.8 Å². The highest BCUT2D eigenvalue weighted by Crippen LogP contribution is 2.56. The average molecular weight is 1180 g/mol. The van der Waals surface area contributed by atoms with Crippen LogP contribution in [0.2, 0.25) is 0 Å². The summed E-state index contributed by atoms with van der Waals surface area (Å²) in [6.45, 7) is 7.75. The number of carbonyl (C=O) groups excluding carboxylic acids is 2. The molecule has 2 aromatic heterocycles. The molecule has 67 heavy (non-hydrogen) atoms. The SMILES string of the molecule is CN(/C(Cl)=C\P(C)P)S(C)(=O)=O.CN(C#CP(C)P)S(C)(=O)=O.CN(C(=O)C(c1cn(C)c2ccccc12)P(C)P)S(C)(=O)=O.CN(C(=O)CP(C)P)S(C)(=O)=O.Cn1ccc2ccccc21. The first kappa shape index (κ1) is 65.9. The third kappa shape index (κ3) is 24.2. The quantitative estimate of drug-likeness (QED) is 0.0627. The molecule has 4 rings (SSSR count). The van der Waals surface area contributed by atoms with Gasteiger partial charge in [0.2, 0.25) is 51.9 Å². The van der Waals surface area contributed by atoms with Gasteiger partial charge >= 0.3 is 0 Å². The topological polar surface area (TPSA) is 194 Å². The molecular formula is C38H65ClN6O10P8S4. The molecule has 0 bridgehead atoms. The molecule has 0 saturated carbocycles. The van der Waals surface area contributed by atoms with Crippen molar-refractivity contribution in [3.05, 3.63) is 83.5 Å². The molecule has 378 valence electrons. The van der Waals surface area contributed by atoms with Crippen LogP contribution in [0.15, 0.2) is 78.0 Å². The minimum Gasteiger partial charge on any atom is -0.351 e. The van der Waals surface area contributed by atoms with E-state index in [1.54, 1.807) is 5.82 Å². The van der Waals surface area contributed by atoms with Gasteiger partial charge in [0.15, 0.2) is 0 Å². The molecule has 2 aromatic carbocycles. The van der Waals surface area contributed by atoms with Gasteiger partial charge in [0.25, 0.3) is 0 Å². The Bertz CT molecular complexity index is 2840. The van der Waals surface area contributed by atoms with Gasteiger partial charge in [-0.3, -0.25) is 13.9 Å². The molecule has 0 aliphatic rings. The van der Waals surface area contributed by atoms with Crippen molar-refractivity contribution in [3.8, 4) is 11.7 Å². The first-order valence-electron chi connectivity index (χ1n) is 19.0. The first-order chi connectivity index (χ1) is 30.4.